The predicted octanol–water partition coefficient (Wildman–Crippen LogP) is 1.79. The molecule has 0 saturated carbocycles. The van der Waals surface area contributed by atoms with E-state index in [1.807, 2.05) is 19.1 Å². The van der Waals surface area contributed by atoms with E-state index in [9.17, 15) is 14.9 Å². The number of amides is 1. The highest BCUT2D eigenvalue weighted by Crippen LogP contribution is 2.33. The minimum Gasteiger partial charge on any atom is -0.368 e. The van der Waals surface area contributed by atoms with Crippen molar-refractivity contribution in [2.45, 2.75) is 13.3 Å². The Morgan fingerprint density at radius 2 is 2.00 bits per heavy atom. The number of nitrogens with zero attached hydrogens (tertiary/aromatic N) is 4. The molecule has 1 amide bonds. The van der Waals surface area contributed by atoms with Crippen molar-refractivity contribution in [2.24, 2.45) is 0 Å². The number of fused-ring (bicyclic) bond motifs is 1. The molecule has 1 aromatic carbocycles. The van der Waals surface area contributed by atoms with Gasteiger partial charge in [-0.25, -0.2) is 0 Å². The maximum absolute atomic E-state index is 11.9. The number of non-ortho nitro benzene ring substituents is 1. The summed E-state index contributed by atoms with van der Waals surface area (Å²) in [5, 5.41) is 15.5. The van der Waals surface area contributed by atoms with Gasteiger partial charge in [0.2, 0.25) is 5.91 Å². The van der Waals surface area contributed by atoms with E-state index in [0.29, 0.717) is 18.5 Å². The largest absolute Gasteiger partial charge is 0.368 e. The molecule has 0 bridgehead atoms. The number of nitro benzene ring substituents is 1. The summed E-state index contributed by atoms with van der Waals surface area (Å²) in [5.74, 6) is 0.0622. The maximum Gasteiger partial charge on any atom is 0.278 e. The molecule has 0 aliphatic carbocycles. The standard InChI is InChI=1S/C18H23N5O3/c1-2-6-20-18(24)13-21-8-10-22(11-9-21)16-3-4-17(23(25)26)15-12-19-7-5-14(15)16/h3-5,7,12H,2,6,8-11,13H2,1H3,(H,20,24). The van der Waals surface area contributed by atoms with Gasteiger partial charge in [0, 0.05) is 62.3 Å². The highest BCUT2D eigenvalue weighted by atomic mass is 16.6. The van der Waals surface area contributed by atoms with Gasteiger partial charge in [0.05, 0.1) is 16.9 Å². The molecule has 0 spiro atoms. The number of carbonyl (C=O) groups excluding carboxylic acids is 1. The van der Waals surface area contributed by atoms with Crippen LogP contribution in [0.1, 0.15) is 13.3 Å². The van der Waals surface area contributed by atoms with Gasteiger partial charge in [-0.1, -0.05) is 6.92 Å². The first-order valence-electron chi connectivity index (χ1n) is 8.85. The number of hydrogen-bond acceptors (Lipinski definition) is 6. The van der Waals surface area contributed by atoms with Crippen LogP contribution < -0.4 is 10.2 Å². The summed E-state index contributed by atoms with van der Waals surface area (Å²) < 4.78 is 0. The van der Waals surface area contributed by atoms with Gasteiger partial charge in [0.1, 0.15) is 0 Å². The van der Waals surface area contributed by atoms with E-state index >= 15 is 0 Å². The monoisotopic (exact) mass is 357 g/mol. The number of hydrogen-bond donors (Lipinski definition) is 1. The molecule has 1 aromatic heterocycles. The van der Waals surface area contributed by atoms with E-state index in [-0.39, 0.29) is 16.5 Å². The van der Waals surface area contributed by atoms with E-state index in [1.54, 1.807) is 18.5 Å². The zero-order valence-electron chi connectivity index (χ0n) is 14.9. The van der Waals surface area contributed by atoms with Crippen LogP contribution in [0.25, 0.3) is 10.8 Å². The minimum atomic E-state index is -0.374. The van der Waals surface area contributed by atoms with Crippen molar-refractivity contribution in [3.63, 3.8) is 0 Å². The van der Waals surface area contributed by atoms with Crippen LogP contribution in [-0.2, 0) is 4.79 Å². The van der Waals surface area contributed by atoms with Gasteiger partial charge in [-0.3, -0.25) is 24.8 Å². The molecule has 0 unspecified atom stereocenters. The van der Waals surface area contributed by atoms with Crippen LogP contribution in [0.3, 0.4) is 0 Å². The fourth-order valence-corrected chi connectivity index (χ4v) is 3.26. The summed E-state index contributed by atoms with van der Waals surface area (Å²) in [6.45, 7) is 6.27. The Kier molecular flexibility index (Phi) is 5.62. The molecule has 138 valence electrons. The summed E-state index contributed by atoms with van der Waals surface area (Å²) in [4.78, 5) is 31.1. The van der Waals surface area contributed by atoms with Crippen molar-refractivity contribution < 1.29 is 9.72 Å². The number of pyridine rings is 1. The number of nitrogens with one attached hydrogen (secondary N) is 1. The first-order valence-corrected chi connectivity index (χ1v) is 8.85. The fourth-order valence-electron chi connectivity index (χ4n) is 3.26. The second-order valence-electron chi connectivity index (χ2n) is 6.40. The molecule has 8 nitrogen and oxygen atoms in total. The normalized spacial score (nSPS) is 15.2. The molecular formula is C18H23N5O3. The first-order chi connectivity index (χ1) is 12.6. The van der Waals surface area contributed by atoms with Crippen molar-refractivity contribution in [2.75, 3.05) is 44.2 Å². The lowest BCUT2D eigenvalue weighted by atomic mass is 10.1. The van der Waals surface area contributed by atoms with Crippen molar-refractivity contribution in [1.82, 2.24) is 15.2 Å². The molecule has 1 aliphatic rings. The minimum absolute atomic E-state index is 0.0622. The third-order valence-electron chi connectivity index (χ3n) is 4.62. The van der Waals surface area contributed by atoms with Gasteiger partial charge >= 0.3 is 0 Å². The topological polar surface area (TPSA) is 91.6 Å². The Morgan fingerprint density at radius 3 is 2.69 bits per heavy atom. The lowest BCUT2D eigenvalue weighted by molar-refractivity contribution is -0.383. The van der Waals surface area contributed by atoms with Gasteiger partial charge in [-0.2, -0.15) is 0 Å². The highest BCUT2D eigenvalue weighted by molar-refractivity contribution is 5.99. The van der Waals surface area contributed by atoms with E-state index in [4.69, 9.17) is 0 Å². The zero-order valence-corrected chi connectivity index (χ0v) is 14.9. The predicted molar refractivity (Wildman–Crippen MR) is 100 cm³/mol. The number of anilines is 1. The van der Waals surface area contributed by atoms with Crippen LogP contribution in [-0.4, -0.2) is 60.0 Å². The number of rotatable bonds is 6. The summed E-state index contributed by atoms with van der Waals surface area (Å²) in [7, 11) is 0. The van der Waals surface area contributed by atoms with Crippen LogP contribution in [0.2, 0.25) is 0 Å². The van der Waals surface area contributed by atoms with Crippen molar-refractivity contribution in [1.29, 1.82) is 0 Å². The van der Waals surface area contributed by atoms with E-state index in [2.05, 4.69) is 20.1 Å². The Hall–Kier alpha value is -2.74. The molecule has 8 heteroatoms. The molecule has 1 N–H and O–H groups in total. The van der Waals surface area contributed by atoms with Crippen molar-refractivity contribution in [3.8, 4) is 0 Å². The summed E-state index contributed by atoms with van der Waals surface area (Å²) in [5.41, 5.74) is 1.05. The lowest BCUT2D eigenvalue weighted by Gasteiger charge is -2.36. The Morgan fingerprint density at radius 1 is 1.23 bits per heavy atom. The number of piperazine rings is 1. The zero-order chi connectivity index (χ0) is 18.5. The average molecular weight is 357 g/mol. The van der Waals surface area contributed by atoms with E-state index in [0.717, 1.165) is 43.7 Å². The molecule has 1 fully saturated rings. The van der Waals surface area contributed by atoms with Gasteiger partial charge in [-0.05, 0) is 18.6 Å². The summed E-state index contributed by atoms with van der Waals surface area (Å²) >= 11 is 0. The first kappa shape index (κ1) is 18.1. The number of aromatic nitrogens is 1. The SMILES string of the molecule is CCCNC(=O)CN1CCN(c2ccc([N+](=O)[O-])c3cnccc23)CC1. The third-order valence-corrected chi connectivity index (χ3v) is 4.62. The Balaban J connectivity index is 1.71. The number of benzene rings is 1. The smallest absolute Gasteiger partial charge is 0.278 e. The third kappa shape index (κ3) is 3.91. The molecule has 2 heterocycles. The number of carbonyl (C=O) groups is 1. The second-order valence-corrected chi connectivity index (χ2v) is 6.40. The quantitative estimate of drug-likeness (QED) is 0.626. The van der Waals surface area contributed by atoms with Gasteiger partial charge in [0.25, 0.3) is 5.69 Å². The lowest BCUT2D eigenvalue weighted by Crippen LogP contribution is -2.49. The van der Waals surface area contributed by atoms with Crippen molar-refractivity contribution >= 4 is 28.1 Å². The van der Waals surface area contributed by atoms with Crippen LogP contribution in [0, 0.1) is 10.1 Å². The average Bonchev–Trinajstić information content (AvgIpc) is 2.66. The van der Waals surface area contributed by atoms with Crippen LogP contribution in [0.5, 0.6) is 0 Å². The molecule has 2 aromatic rings. The molecule has 1 saturated heterocycles. The molecule has 0 radical (unpaired) electrons. The molecule has 26 heavy (non-hydrogen) atoms. The summed E-state index contributed by atoms with van der Waals surface area (Å²) in [6, 6.07) is 5.18. The van der Waals surface area contributed by atoms with Crippen LogP contribution in [0.15, 0.2) is 30.6 Å². The number of nitro groups is 1. The molecule has 0 atom stereocenters. The second kappa shape index (κ2) is 8.09. The molecule has 3 rings (SSSR count). The van der Waals surface area contributed by atoms with Gasteiger partial charge in [0.15, 0.2) is 0 Å². The van der Waals surface area contributed by atoms with Crippen molar-refractivity contribution in [3.05, 3.63) is 40.7 Å². The fraction of sp³-hybridized carbons (Fsp3) is 0.444. The van der Waals surface area contributed by atoms with E-state index < -0.39 is 0 Å². The maximum atomic E-state index is 11.9. The summed E-state index contributed by atoms with van der Waals surface area (Å²) in [6.07, 6.45) is 4.14. The van der Waals surface area contributed by atoms with Gasteiger partial charge in [-0.15, -0.1) is 0 Å². The van der Waals surface area contributed by atoms with Gasteiger partial charge < -0.3 is 10.2 Å². The van der Waals surface area contributed by atoms with Crippen LogP contribution in [0.4, 0.5) is 11.4 Å². The Bertz CT molecular complexity index is 803. The Labute approximate surface area is 151 Å². The van der Waals surface area contributed by atoms with E-state index in [1.165, 1.54) is 0 Å². The molecule has 1 aliphatic heterocycles. The highest BCUT2D eigenvalue weighted by Gasteiger charge is 2.22. The van der Waals surface area contributed by atoms with Crippen LogP contribution >= 0.6 is 0 Å². The molecular weight excluding hydrogens is 334 g/mol.